The van der Waals surface area contributed by atoms with Gasteiger partial charge in [0.2, 0.25) is 0 Å². The van der Waals surface area contributed by atoms with Gasteiger partial charge in [-0.25, -0.2) is 0 Å². The highest BCUT2D eigenvalue weighted by Gasteiger charge is 2.30. The van der Waals surface area contributed by atoms with Gasteiger partial charge in [0.25, 0.3) is 0 Å². The summed E-state index contributed by atoms with van der Waals surface area (Å²) in [5.41, 5.74) is 28.8. The molecule has 0 saturated heterocycles. The summed E-state index contributed by atoms with van der Waals surface area (Å²) in [7, 11) is 0. The number of hydrogen-bond acceptors (Lipinski definition) is 2. The third kappa shape index (κ3) is 5.77. The molecule has 0 aliphatic heterocycles. The lowest BCUT2D eigenvalue weighted by Gasteiger charge is -2.19. The predicted octanol–water partition coefficient (Wildman–Crippen LogP) is 22.4. The zero-order chi connectivity index (χ0) is 52.8. The summed E-state index contributed by atoms with van der Waals surface area (Å²) in [4.78, 5) is 0. The molecule has 0 amide bonds. The minimum absolute atomic E-state index is 0.888. The van der Waals surface area contributed by atoms with Gasteiger partial charge in [-0.05, 0) is 253 Å². The second-order valence-corrected chi connectivity index (χ2v) is 22.7. The second-order valence-electron chi connectivity index (χ2n) is 22.7. The van der Waals surface area contributed by atoms with Crippen LogP contribution in [0.15, 0.2) is 227 Å². The van der Waals surface area contributed by atoms with E-state index in [1.54, 1.807) is 0 Å². The van der Waals surface area contributed by atoms with Gasteiger partial charge >= 0.3 is 0 Å². The molecule has 2 nitrogen and oxygen atoms in total. The summed E-state index contributed by atoms with van der Waals surface area (Å²) >= 11 is 0. The van der Waals surface area contributed by atoms with Crippen LogP contribution in [0.25, 0.3) is 187 Å². The lowest BCUT2D eigenvalue weighted by Crippen LogP contribution is -1.92. The van der Waals surface area contributed by atoms with Crippen molar-refractivity contribution in [3.8, 4) is 89.0 Å². The zero-order valence-corrected chi connectivity index (χ0v) is 44.6. The fraction of sp³-hybridized carbons (Fsp3) is 0.0513. The lowest BCUT2D eigenvalue weighted by molar-refractivity contribution is 0.668. The van der Waals surface area contributed by atoms with Crippen molar-refractivity contribution in [2.75, 3.05) is 0 Å². The van der Waals surface area contributed by atoms with Crippen LogP contribution in [0.4, 0.5) is 0 Å². The number of aryl methyl sites for hydroxylation is 4. The first-order valence-electron chi connectivity index (χ1n) is 28.0. The molecular weight excluding hydrogens is 969 g/mol. The first kappa shape index (κ1) is 44.0. The molecule has 2 heteroatoms. The van der Waals surface area contributed by atoms with Crippen LogP contribution in [0.1, 0.15) is 22.3 Å². The Labute approximate surface area is 461 Å². The third-order valence-corrected chi connectivity index (χ3v) is 18.5. The van der Waals surface area contributed by atoms with Gasteiger partial charge < -0.3 is 8.83 Å². The molecule has 2 aliphatic carbocycles. The average molecular weight is 1020 g/mol. The quantitative estimate of drug-likeness (QED) is 0.164. The number of benzene rings is 14. The third-order valence-electron chi connectivity index (χ3n) is 18.5. The molecule has 0 unspecified atom stereocenters. The van der Waals surface area contributed by atoms with E-state index >= 15 is 0 Å². The van der Waals surface area contributed by atoms with Crippen LogP contribution in [0.2, 0.25) is 0 Å². The predicted molar refractivity (Wildman–Crippen MR) is 338 cm³/mol. The van der Waals surface area contributed by atoms with Crippen LogP contribution in [-0.2, 0) is 0 Å². The molecule has 0 fully saturated rings. The maximum atomic E-state index is 6.68. The highest BCUT2D eigenvalue weighted by molar-refractivity contribution is 6.32. The molecule has 14 aromatic carbocycles. The Bertz CT molecular complexity index is 5140. The van der Waals surface area contributed by atoms with Crippen LogP contribution < -0.4 is 0 Å². The summed E-state index contributed by atoms with van der Waals surface area (Å²) in [5, 5.41) is 17.0. The summed E-state index contributed by atoms with van der Waals surface area (Å²) in [6.07, 6.45) is 0. The normalized spacial score (nSPS) is 12.5. The smallest absolute Gasteiger partial charge is 0.136 e. The van der Waals surface area contributed by atoms with Gasteiger partial charge in [0.15, 0.2) is 0 Å². The zero-order valence-electron chi connectivity index (χ0n) is 44.6. The highest BCUT2D eigenvalue weighted by Crippen LogP contribution is 2.57. The Morgan fingerprint density at radius 2 is 0.475 bits per heavy atom. The van der Waals surface area contributed by atoms with Gasteiger partial charge in [-0.2, -0.15) is 0 Å². The number of furan rings is 2. The van der Waals surface area contributed by atoms with Gasteiger partial charge in [-0.15, -0.1) is 0 Å². The molecule has 2 heterocycles. The fourth-order valence-corrected chi connectivity index (χ4v) is 15.1. The Kier molecular flexibility index (Phi) is 8.70. The topological polar surface area (TPSA) is 26.3 Å². The largest absolute Gasteiger partial charge is 0.456 e. The molecule has 18 rings (SSSR count). The van der Waals surface area contributed by atoms with Crippen molar-refractivity contribution in [3.63, 3.8) is 0 Å². The summed E-state index contributed by atoms with van der Waals surface area (Å²) < 4.78 is 13.4. The Morgan fingerprint density at radius 3 is 0.900 bits per heavy atom. The van der Waals surface area contributed by atoms with E-state index in [1.807, 2.05) is 0 Å². The standard InChI is InChI=1S/C78H48O2/c1-41-15-9-16-42(2)73(41)51-31-33-53-61-39-65-63(35-57(61)47-23-11-21-45(51)75(47)53)59(49-25-13-29-71-77(49)55-19-5-7-27-69(55)79-71)37-68-66-40-62-54-34-32-52(74-43(3)17-10-18-44(74)4)46-22-12-24-48(76(46)54)58(62)36-64(66)60(38-67(65)68)50-26-14-30-72-78(50)56-20-6-8-28-70(56)80-72/h5-40H,1-4H3. The monoisotopic (exact) mass is 1020 g/mol. The summed E-state index contributed by atoms with van der Waals surface area (Å²) in [6.45, 7) is 8.97. The van der Waals surface area contributed by atoms with Crippen LogP contribution in [0.3, 0.4) is 0 Å². The van der Waals surface area contributed by atoms with Crippen molar-refractivity contribution in [2.45, 2.75) is 27.7 Å². The lowest BCUT2D eigenvalue weighted by atomic mass is 9.83. The maximum absolute atomic E-state index is 6.68. The summed E-state index contributed by atoms with van der Waals surface area (Å²) in [5.74, 6) is 0. The number of hydrogen-bond donors (Lipinski definition) is 0. The van der Waals surface area contributed by atoms with Crippen molar-refractivity contribution >= 4 is 97.7 Å². The molecule has 80 heavy (non-hydrogen) atoms. The van der Waals surface area contributed by atoms with Crippen molar-refractivity contribution in [2.24, 2.45) is 0 Å². The first-order valence-corrected chi connectivity index (χ1v) is 28.0. The molecule has 0 bridgehead atoms. The molecule has 0 atom stereocenters. The van der Waals surface area contributed by atoms with Crippen LogP contribution >= 0.6 is 0 Å². The SMILES string of the molecule is Cc1cccc(C)c1-c1ccc2c3c(cccc13)-c1cc3c(-c4cccc5oc6ccccc6c45)cc4c5cc6c(cc5c(-c5cccc7oc8ccccc8c57)cc4c3cc1-2)-c1cccc2c(-c3c(C)cccc3C)ccc-6c12. The average Bonchev–Trinajstić information content (AvgIpc) is 3.74. The van der Waals surface area contributed by atoms with Crippen molar-refractivity contribution < 1.29 is 8.83 Å². The van der Waals surface area contributed by atoms with Gasteiger partial charge in [0.05, 0.1) is 0 Å². The van der Waals surface area contributed by atoms with Crippen LogP contribution in [0, 0.1) is 27.7 Å². The number of fused-ring (bicyclic) bond motifs is 17. The molecule has 372 valence electrons. The molecule has 0 N–H and O–H groups in total. The molecule has 2 aliphatic rings. The second kappa shape index (κ2) is 15.8. The van der Waals surface area contributed by atoms with E-state index in [-0.39, 0.29) is 0 Å². The Morgan fingerprint density at radius 1 is 0.188 bits per heavy atom. The molecule has 0 radical (unpaired) electrons. The Balaban J connectivity index is 1.00. The molecule has 2 aromatic heterocycles. The van der Waals surface area contributed by atoms with Gasteiger partial charge in [0.1, 0.15) is 22.3 Å². The first-order chi connectivity index (χ1) is 39.3. The van der Waals surface area contributed by atoms with Crippen molar-refractivity contribution in [1.82, 2.24) is 0 Å². The number of para-hydroxylation sites is 2. The molecular formula is C78H48O2. The van der Waals surface area contributed by atoms with E-state index in [0.29, 0.717) is 0 Å². The van der Waals surface area contributed by atoms with E-state index in [4.69, 9.17) is 8.83 Å². The van der Waals surface area contributed by atoms with Gasteiger partial charge in [-0.1, -0.05) is 158 Å². The van der Waals surface area contributed by atoms with E-state index in [1.165, 1.54) is 154 Å². The minimum atomic E-state index is 0.888. The highest BCUT2D eigenvalue weighted by atomic mass is 16.3. The van der Waals surface area contributed by atoms with E-state index in [0.717, 1.165) is 55.0 Å². The molecule has 16 aromatic rings. The van der Waals surface area contributed by atoms with Crippen LogP contribution in [0.5, 0.6) is 0 Å². The Hall–Kier alpha value is -10.0. The van der Waals surface area contributed by atoms with Crippen LogP contribution in [-0.4, -0.2) is 0 Å². The fourth-order valence-electron chi connectivity index (χ4n) is 15.1. The van der Waals surface area contributed by atoms with E-state index < -0.39 is 0 Å². The maximum Gasteiger partial charge on any atom is 0.136 e. The van der Waals surface area contributed by atoms with Crippen molar-refractivity contribution in [3.05, 3.63) is 241 Å². The van der Waals surface area contributed by atoms with Gasteiger partial charge in [-0.3, -0.25) is 0 Å². The minimum Gasteiger partial charge on any atom is -0.456 e. The molecule has 0 saturated carbocycles. The van der Waals surface area contributed by atoms with Crippen molar-refractivity contribution in [1.29, 1.82) is 0 Å². The summed E-state index contributed by atoms with van der Waals surface area (Å²) in [6, 6.07) is 82.2. The van der Waals surface area contributed by atoms with E-state index in [9.17, 15) is 0 Å². The van der Waals surface area contributed by atoms with E-state index in [2.05, 4.69) is 246 Å². The molecule has 0 spiro atoms. The van der Waals surface area contributed by atoms with Gasteiger partial charge in [0, 0.05) is 21.5 Å². The number of rotatable bonds is 4.